The zero-order valence-corrected chi connectivity index (χ0v) is 11.8. The minimum atomic E-state index is -0.333. The van der Waals surface area contributed by atoms with Crippen LogP contribution in [0.3, 0.4) is 0 Å². The van der Waals surface area contributed by atoms with Gasteiger partial charge in [0, 0.05) is 30.2 Å². The largest absolute Gasteiger partial charge is 0.346 e. The summed E-state index contributed by atoms with van der Waals surface area (Å²) >= 11 is 0. The zero-order valence-electron chi connectivity index (χ0n) is 11.8. The average molecular weight is 294 g/mol. The predicted molar refractivity (Wildman–Crippen MR) is 81.5 cm³/mol. The molecule has 1 amide bonds. The Morgan fingerprint density at radius 3 is 3.18 bits per heavy atom. The van der Waals surface area contributed by atoms with Crippen LogP contribution in [0.15, 0.2) is 37.1 Å². The molecule has 7 nitrogen and oxygen atoms in total. The number of H-pyrrole nitrogens is 1. The van der Waals surface area contributed by atoms with Crippen molar-refractivity contribution in [3.8, 4) is 6.07 Å². The molecule has 0 spiro atoms. The predicted octanol–water partition coefficient (Wildman–Crippen LogP) is 1.85. The van der Waals surface area contributed by atoms with Gasteiger partial charge in [0.2, 0.25) is 5.91 Å². The Bertz CT molecular complexity index is 898. The van der Waals surface area contributed by atoms with Gasteiger partial charge in [0.1, 0.15) is 17.6 Å². The van der Waals surface area contributed by atoms with E-state index in [1.807, 2.05) is 16.8 Å². The van der Waals surface area contributed by atoms with Crippen LogP contribution in [0.4, 0.5) is 0 Å². The number of hydrogen-bond donors (Lipinski definition) is 2. The Labute approximate surface area is 126 Å². The molecule has 0 saturated carbocycles. The fourth-order valence-electron chi connectivity index (χ4n) is 2.37. The maximum Gasteiger partial charge on any atom is 0.238 e. The SMILES string of the molecule is C=C(CCn1cnc2cnc3[nH]ccc3c21)NC(=O)CC#N. The molecule has 0 atom stereocenters. The number of pyridine rings is 1. The molecule has 110 valence electrons. The van der Waals surface area contributed by atoms with Gasteiger partial charge in [-0.1, -0.05) is 6.58 Å². The quantitative estimate of drug-likeness (QED) is 0.750. The van der Waals surface area contributed by atoms with Crippen molar-refractivity contribution in [2.24, 2.45) is 0 Å². The number of allylic oxidation sites excluding steroid dienone is 1. The Morgan fingerprint density at radius 1 is 1.50 bits per heavy atom. The number of hydrogen-bond acceptors (Lipinski definition) is 4. The Kier molecular flexibility index (Phi) is 3.58. The molecule has 0 aliphatic rings. The van der Waals surface area contributed by atoms with Gasteiger partial charge in [0.05, 0.1) is 24.1 Å². The molecule has 3 rings (SSSR count). The summed E-state index contributed by atoms with van der Waals surface area (Å²) in [7, 11) is 0. The van der Waals surface area contributed by atoms with Crippen LogP contribution in [0, 0.1) is 11.3 Å². The highest BCUT2D eigenvalue weighted by Gasteiger charge is 2.09. The van der Waals surface area contributed by atoms with Crippen molar-refractivity contribution in [2.75, 3.05) is 0 Å². The number of carbonyl (C=O) groups is 1. The molecular formula is C15H14N6O. The molecule has 3 aromatic heterocycles. The van der Waals surface area contributed by atoms with Gasteiger partial charge in [0.25, 0.3) is 0 Å². The van der Waals surface area contributed by atoms with Gasteiger partial charge in [-0.05, 0) is 6.07 Å². The smallest absolute Gasteiger partial charge is 0.238 e. The highest BCUT2D eigenvalue weighted by Crippen LogP contribution is 2.22. The van der Waals surface area contributed by atoms with E-state index in [1.165, 1.54) is 0 Å². The topological polar surface area (TPSA) is 99.4 Å². The fourth-order valence-corrected chi connectivity index (χ4v) is 2.37. The van der Waals surface area contributed by atoms with E-state index >= 15 is 0 Å². The summed E-state index contributed by atoms with van der Waals surface area (Å²) < 4.78 is 2.01. The highest BCUT2D eigenvalue weighted by atomic mass is 16.1. The molecule has 3 heterocycles. The summed E-state index contributed by atoms with van der Waals surface area (Å²) in [6.07, 6.45) is 5.73. The van der Waals surface area contributed by atoms with Crippen molar-refractivity contribution in [3.05, 3.63) is 37.1 Å². The van der Waals surface area contributed by atoms with Crippen molar-refractivity contribution in [1.82, 2.24) is 24.8 Å². The molecule has 3 aromatic rings. The van der Waals surface area contributed by atoms with Gasteiger partial charge in [-0.25, -0.2) is 9.97 Å². The molecule has 7 heteroatoms. The van der Waals surface area contributed by atoms with Gasteiger partial charge in [0.15, 0.2) is 0 Å². The highest BCUT2D eigenvalue weighted by molar-refractivity contribution is 6.00. The van der Waals surface area contributed by atoms with E-state index in [2.05, 4.69) is 26.8 Å². The minimum Gasteiger partial charge on any atom is -0.346 e. The van der Waals surface area contributed by atoms with Crippen molar-refractivity contribution in [3.63, 3.8) is 0 Å². The Balaban J connectivity index is 1.77. The number of nitrogens with one attached hydrogen (secondary N) is 2. The van der Waals surface area contributed by atoms with Crippen LogP contribution in [0.5, 0.6) is 0 Å². The van der Waals surface area contributed by atoms with Crippen molar-refractivity contribution in [2.45, 2.75) is 19.4 Å². The van der Waals surface area contributed by atoms with E-state index in [0.29, 0.717) is 18.7 Å². The van der Waals surface area contributed by atoms with E-state index in [9.17, 15) is 4.79 Å². The number of fused-ring (bicyclic) bond motifs is 3. The molecule has 0 aromatic carbocycles. The molecule has 0 radical (unpaired) electrons. The molecule has 0 fully saturated rings. The lowest BCUT2D eigenvalue weighted by Gasteiger charge is -2.08. The van der Waals surface area contributed by atoms with E-state index in [1.54, 1.807) is 18.6 Å². The second kappa shape index (κ2) is 5.69. The molecule has 2 N–H and O–H groups in total. The summed E-state index contributed by atoms with van der Waals surface area (Å²) in [4.78, 5) is 23.1. The van der Waals surface area contributed by atoms with E-state index in [0.717, 1.165) is 22.1 Å². The summed E-state index contributed by atoms with van der Waals surface area (Å²) in [5, 5.41) is 12.1. The fraction of sp³-hybridized carbons (Fsp3) is 0.200. The lowest BCUT2D eigenvalue weighted by atomic mass is 10.2. The number of nitrogens with zero attached hydrogens (tertiary/aromatic N) is 4. The summed E-state index contributed by atoms with van der Waals surface area (Å²) in [6, 6.07) is 3.77. The number of aromatic amines is 1. The van der Waals surface area contributed by atoms with Crippen molar-refractivity contribution < 1.29 is 4.79 Å². The van der Waals surface area contributed by atoms with Crippen LogP contribution >= 0.6 is 0 Å². The summed E-state index contributed by atoms with van der Waals surface area (Å²) in [5.41, 5.74) is 3.23. The van der Waals surface area contributed by atoms with Gasteiger partial charge in [-0.3, -0.25) is 4.79 Å². The van der Waals surface area contributed by atoms with Crippen LogP contribution in [-0.4, -0.2) is 25.4 Å². The number of nitriles is 1. The number of aryl methyl sites for hydroxylation is 1. The molecule has 22 heavy (non-hydrogen) atoms. The molecule has 0 bridgehead atoms. The van der Waals surface area contributed by atoms with Crippen LogP contribution in [-0.2, 0) is 11.3 Å². The number of rotatable bonds is 5. The first-order valence-electron chi connectivity index (χ1n) is 6.80. The van der Waals surface area contributed by atoms with E-state index < -0.39 is 0 Å². The van der Waals surface area contributed by atoms with Gasteiger partial charge < -0.3 is 14.9 Å². The molecule has 0 aliphatic heterocycles. The second-order valence-corrected chi connectivity index (χ2v) is 4.91. The average Bonchev–Trinajstić information content (AvgIpc) is 3.11. The normalized spacial score (nSPS) is 10.7. The third kappa shape index (κ3) is 2.54. The molecular weight excluding hydrogens is 280 g/mol. The van der Waals surface area contributed by atoms with Gasteiger partial charge >= 0.3 is 0 Å². The van der Waals surface area contributed by atoms with Crippen LogP contribution in [0.25, 0.3) is 22.1 Å². The summed E-state index contributed by atoms with van der Waals surface area (Å²) in [5.74, 6) is -0.333. The van der Waals surface area contributed by atoms with Crippen LogP contribution < -0.4 is 5.32 Å². The molecule has 0 aliphatic carbocycles. The first-order chi connectivity index (χ1) is 10.7. The van der Waals surface area contributed by atoms with Gasteiger partial charge in [-0.2, -0.15) is 5.26 Å². The standard InChI is InChI=1S/C15H14N6O/c1-10(20-13(22)2-5-16)4-7-21-9-19-12-8-18-15-11(14(12)21)3-6-17-15/h3,6,8-9H,1-2,4,7H2,(H,17,18)(H,20,22). The Hall–Kier alpha value is -3.14. The van der Waals surface area contributed by atoms with E-state index in [-0.39, 0.29) is 12.3 Å². The number of aromatic nitrogens is 4. The van der Waals surface area contributed by atoms with Crippen molar-refractivity contribution in [1.29, 1.82) is 5.26 Å². The third-order valence-corrected chi connectivity index (χ3v) is 3.37. The Morgan fingerprint density at radius 2 is 2.36 bits per heavy atom. The molecule has 0 unspecified atom stereocenters. The maximum atomic E-state index is 11.3. The lowest BCUT2D eigenvalue weighted by molar-refractivity contribution is -0.119. The number of carbonyl (C=O) groups excluding carboxylic acids is 1. The third-order valence-electron chi connectivity index (χ3n) is 3.37. The maximum absolute atomic E-state index is 11.3. The van der Waals surface area contributed by atoms with Crippen molar-refractivity contribution >= 4 is 28.0 Å². The molecule has 0 saturated heterocycles. The minimum absolute atomic E-state index is 0.164. The van der Waals surface area contributed by atoms with Gasteiger partial charge in [-0.15, -0.1) is 0 Å². The first kappa shape index (κ1) is 13.8. The van der Waals surface area contributed by atoms with Crippen LogP contribution in [0.2, 0.25) is 0 Å². The number of imidazole rings is 1. The monoisotopic (exact) mass is 294 g/mol. The first-order valence-corrected chi connectivity index (χ1v) is 6.80. The van der Waals surface area contributed by atoms with Crippen LogP contribution in [0.1, 0.15) is 12.8 Å². The number of amides is 1. The second-order valence-electron chi connectivity index (χ2n) is 4.91. The zero-order chi connectivity index (χ0) is 15.5. The van der Waals surface area contributed by atoms with E-state index in [4.69, 9.17) is 5.26 Å². The lowest BCUT2D eigenvalue weighted by Crippen LogP contribution is -2.22. The summed E-state index contributed by atoms with van der Waals surface area (Å²) in [6.45, 7) is 4.45.